The number of nitriles is 1. The molecule has 0 aliphatic heterocycles. The summed E-state index contributed by atoms with van der Waals surface area (Å²) in [7, 11) is 0. The van der Waals surface area contributed by atoms with E-state index in [9.17, 15) is 20.0 Å². The predicted molar refractivity (Wildman–Crippen MR) is 105 cm³/mol. The van der Waals surface area contributed by atoms with Gasteiger partial charge >= 0.3 is 5.97 Å². The van der Waals surface area contributed by atoms with Gasteiger partial charge in [-0.15, -0.1) is 0 Å². The zero-order chi connectivity index (χ0) is 20.4. The molecule has 144 valence electrons. The lowest BCUT2D eigenvalue weighted by molar-refractivity contribution is -0.112. The summed E-state index contributed by atoms with van der Waals surface area (Å²) < 4.78 is 4.90. The molecule has 2 aromatic rings. The fourth-order valence-corrected chi connectivity index (χ4v) is 2.30. The first-order chi connectivity index (χ1) is 13.5. The van der Waals surface area contributed by atoms with Gasteiger partial charge in [0.05, 0.1) is 12.2 Å². The van der Waals surface area contributed by atoms with E-state index in [-0.39, 0.29) is 17.9 Å². The highest BCUT2D eigenvalue weighted by atomic mass is 16.5. The van der Waals surface area contributed by atoms with Crippen LogP contribution in [0.1, 0.15) is 22.8 Å². The molecule has 7 heteroatoms. The second-order valence-corrected chi connectivity index (χ2v) is 5.79. The second kappa shape index (κ2) is 10.4. The molecule has 7 nitrogen and oxygen atoms in total. The average molecular weight is 379 g/mol. The fourth-order valence-electron chi connectivity index (χ4n) is 2.30. The number of ether oxygens (including phenoxy) is 1. The van der Waals surface area contributed by atoms with Crippen LogP contribution in [0.2, 0.25) is 0 Å². The van der Waals surface area contributed by atoms with Crippen molar-refractivity contribution < 1.29 is 19.4 Å². The molecular weight excluding hydrogens is 358 g/mol. The maximum atomic E-state index is 12.2. The van der Waals surface area contributed by atoms with Crippen LogP contribution in [0.4, 0.5) is 5.69 Å². The van der Waals surface area contributed by atoms with E-state index in [4.69, 9.17) is 4.74 Å². The van der Waals surface area contributed by atoms with Crippen molar-refractivity contribution in [1.82, 2.24) is 5.32 Å². The van der Waals surface area contributed by atoms with Gasteiger partial charge in [-0.3, -0.25) is 4.79 Å². The largest absolute Gasteiger partial charge is 0.508 e. The lowest BCUT2D eigenvalue weighted by Gasteiger charge is -2.07. The zero-order valence-electron chi connectivity index (χ0n) is 15.4. The number of hydrogen-bond acceptors (Lipinski definition) is 6. The molecule has 0 atom stereocenters. The summed E-state index contributed by atoms with van der Waals surface area (Å²) in [5.74, 6) is -0.783. The van der Waals surface area contributed by atoms with Gasteiger partial charge in [-0.05, 0) is 55.3 Å². The molecule has 28 heavy (non-hydrogen) atoms. The summed E-state index contributed by atoms with van der Waals surface area (Å²) in [6, 6.07) is 14.9. The highest BCUT2D eigenvalue weighted by Gasteiger charge is 2.10. The number of carbonyl (C=O) groups excluding carboxylic acids is 2. The number of rotatable bonds is 8. The third kappa shape index (κ3) is 6.18. The van der Waals surface area contributed by atoms with E-state index in [0.717, 1.165) is 5.56 Å². The maximum Gasteiger partial charge on any atom is 0.338 e. The number of hydrogen-bond donors (Lipinski definition) is 3. The molecule has 0 bridgehead atoms. The van der Waals surface area contributed by atoms with E-state index in [1.165, 1.54) is 6.20 Å². The highest BCUT2D eigenvalue weighted by Crippen LogP contribution is 2.12. The normalized spacial score (nSPS) is 10.6. The predicted octanol–water partition coefficient (Wildman–Crippen LogP) is 2.75. The number of phenols is 1. The molecule has 3 N–H and O–H groups in total. The summed E-state index contributed by atoms with van der Waals surface area (Å²) in [5.41, 5.74) is 1.79. The smallest absolute Gasteiger partial charge is 0.338 e. The van der Waals surface area contributed by atoms with Crippen molar-refractivity contribution in [2.75, 3.05) is 18.5 Å². The molecule has 0 spiro atoms. The van der Waals surface area contributed by atoms with Gasteiger partial charge in [0.1, 0.15) is 17.4 Å². The first-order valence-corrected chi connectivity index (χ1v) is 8.73. The monoisotopic (exact) mass is 379 g/mol. The Morgan fingerprint density at radius 2 is 1.82 bits per heavy atom. The minimum Gasteiger partial charge on any atom is -0.508 e. The van der Waals surface area contributed by atoms with Gasteiger partial charge in [0, 0.05) is 18.4 Å². The number of carbonyl (C=O) groups is 2. The Bertz CT molecular complexity index is 881. The summed E-state index contributed by atoms with van der Waals surface area (Å²) in [6.45, 7) is 2.53. The van der Waals surface area contributed by atoms with Crippen LogP contribution in [0.25, 0.3) is 0 Å². The van der Waals surface area contributed by atoms with Crippen LogP contribution < -0.4 is 10.6 Å². The van der Waals surface area contributed by atoms with Crippen LogP contribution >= 0.6 is 0 Å². The van der Waals surface area contributed by atoms with Crippen molar-refractivity contribution >= 4 is 17.6 Å². The van der Waals surface area contributed by atoms with Crippen molar-refractivity contribution in [3.8, 4) is 11.8 Å². The lowest BCUT2D eigenvalue weighted by Crippen LogP contribution is -2.18. The van der Waals surface area contributed by atoms with Crippen molar-refractivity contribution in [1.29, 1.82) is 5.26 Å². The van der Waals surface area contributed by atoms with Crippen LogP contribution in [-0.2, 0) is 16.0 Å². The van der Waals surface area contributed by atoms with Crippen LogP contribution in [0.5, 0.6) is 5.75 Å². The molecule has 1 amide bonds. The maximum absolute atomic E-state index is 12.2. The van der Waals surface area contributed by atoms with Gasteiger partial charge in [-0.1, -0.05) is 12.1 Å². The second-order valence-electron chi connectivity index (χ2n) is 5.79. The van der Waals surface area contributed by atoms with E-state index in [2.05, 4.69) is 10.6 Å². The average Bonchev–Trinajstić information content (AvgIpc) is 2.70. The summed E-state index contributed by atoms with van der Waals surface area (Å²) in [5, 5.41) is 24.0. The van der Waals surface area contributed by atoms with Gasteiger partial charge in [0.15, 0.2) is 0 Å². The molecule has 0 aliphatic carbocycles. The molecule has 0 radical (unpaired) electrons. The first kappa shape index (κ1) is 20.5. The Labute approximate surface area is 163 Å². The van der Waals surface area contributed by atoms with Gasteiger partial charge in [0.2, 0.25) is 0 Å². The quantitative estimate of drug-likeness (QED) is 0.281. The molecule has 0 fully saturated rings. The van der Waals surface area contributed by atoms with Crippen molar-refractivity contribution in [3.05, 3.63) is 71.4 Å². The number of anilines is 1. The minimum atomic E-state index is -0.552. The lowest BCUT2D eigenvalue weighted by atomic mass is 10.1. The summed E-state index contributed by atoms with van der Waals surface area (Å²) >= 11 is 0. The van der Waals surface area contributed by atoms with Crippen LogP contribution in [-0.4, -0.2) is 30.1 Å². The number of aromatic hydroxyl groups is 1. The number of phenolic OH excluding ortho intramolecular Hbond substituents is 1. The number of nitrogens with one attached hydrogen (secondary N) is 2. The molecule has 0 aromatic heterocycles. The van der Waals surface area contributed by atoms with E-state index in [1.54, 1.807) is 55.5 Å². The first-order valence-electron chi connectivity index (χ1n) is 8.73. The van der Waals surface area contributed by atoms with Crippen LogP contribution in [0, 0.1) is 11.3 Å². The molecule has 0 saturated carbocycles. The Morgan fingerprint density at radius 3 is 2.43 bits per heavy atom. The topological polar surface area (TPSA) is 111 Å². The summed E-state index contributed by atoms with van der Waals surface area (Å²) in [6.07, 6.45) is 2.04. The Kier molecular flexibility index (Phi) is 7.61. The van der Waals surface area contributed by atoms with Crippen molar-refractivity contribution in [3.63, 3.8) is 0 Å². The summed E-state index contributed by atoms with van der Waals surface area (Å²) in [4.78, 5) is 23.8. The number of esters is 1. The third-order valence-corrected chi connectivity index (χ3v) is 3.76. The van der Waals surface area contributed by atoms with Gasteiger partial charge in [-0.2, -0.15) is 5.26 Å². The fraction of sp³-hybridized carbons (Fsp3) is 0.190. The molecule has 2 aromatic carbocycles. The molecule has 0 heterocycles. The van der Waals surface area contributed by atoms with Crippen LogP contribution in [0.15, 0.2) is 60.3 Å². The SMILES string of the molecule is CCOC(=O)c1ccc(NC(=O)/C(C#N)=C\NCCc2ccc(O)cc2)cc1. The molecule has 2 rings (SSSR count). The number of amides is 1. The standard InChI is InChI=1S/C21H21N3O4/c1-2-28-21(27)16-5-7-18(8-6-16)24-20(26)17(13-22)14-23-12-11-15-3-9-19(25)10-4-15/h3-10,14,23,25H,2,11-12H2,1H3,(H,24,26)/b17-14-. The van der Waals surface area contributed by atoms with E-state index < -0.39 is 11.9 Å². The van der Waals surface area contributed by atoms with Crippen LogP contribution in [0.3, 0.4) is 0 Å². The van der Waals surface area contributed by atoms with Gasteiger partial charge in [0.25, 0.3) is 5.91 Å². The number of benzene rings is 2. The van der Waals surface area contributed by atoms with E-state index >= 15 is 0 Å². The zero-order valence-corrected chi connectivity index (χ0v) is 15.4. The third-order valence-electron chi connectivity index (χ3n) is 3.76. The number of nitrogens with zero attached hydrogens (tertiary/aromatic N) is 1. The van der Waals surface area contributed by atoms with E-state index in [0.29, 0.717) is 24.2 Å². The highest BCUT2D eigenvalue weighted by molar-refractivity contribution is 6.06. The molecule has 0 saturated heterocycles. The molecule has 0 aliphatic rings. The van der Waals surface area contributed by atoms with E-state index in [1.807, 2.05) is 6.07 Å². The van der Waals surface area contributed by atoms with Crippen molar-refractivity contribution in [2.45, 2.75) is 13.3 Å². The molecular formula is C21H21N3O4. The Hall–Kier alpha value is -3.79. The minimum absolute atomic E-state index is 0.0693. The van der Waals surface area contributed by atoms with Crippen molar-refractivity contribution in [2.24, 2.45) is 0 Å². The van der Waals surface area contributed by atoms with Gasteiger partial charge < -0.3 is 20.5 Å². The molecule has 0 unspecified atom stereocenters. The van der Waals surface area contributed by atoms with Gasteiger partial charge in [-0.25, -0.2) is 4.79 Å². The Morgan fingerprint density at radius 1 is 1.14 bits per heavy atom. The Balaban J connectivity index is 1.88.